The van der Waals surface area contributed by atoms with E-state index in [1.165, 1.54) is 6.92 Å². The Morgan fingerprint density at radius 3 is 2.67 bits per heavy atom. The minimum Gasteiger partial charge on any atom is -0.464 e. The molecule has 0 saturated heterocycles. The lowest BCUT2D eigenvalue weighted by atomic mass is 10.1. The summed E-state index contributed by atoms with van der Waals surface area (Å²) in [7, 11) is 0. The summed E-state index contributed by atoms with van der Waals surface area (Å²) in [5, 5.41) is 0.841. The number of ether oxygens (including phenoxy) is 1. The molecule has 5 heteroatoms. The molecule has 0 radical (unpaired) electrons. The summed E-state index contributed by atoms with van der Waals surface area (Å²) in [4.78, 5) is 23.6. The number of fused-ring (bicyclic) bond motifs is 1. The average Bonchev–Trinajstić information content (AvgIpc) is 2.74. The number of Topliss-reactive ketones (excluding diaryl/α,β-unsaturated/α-hetero) is 1. The van der Waals surface area contributed by atoms with Crippen LogP contribution >= 0.6 is 15.9 Å². The van der Waals surface area contributed by atoms with Crippen LogP contribution in [0.5, 0.6) is 0 Å². The van der Waals surface area contributed by atoms with E-state index < -0.39 is 0 Å². The average molecular weight is 352 g/mol. The molecule has 1 aromatic carbocycles. The maximum Gasteiger partial charge on any atom is 0.325 e. The number of carbonyl (C=O) groups excluding carboxylic acids is 2. The molecule has 0 aliphatic carbocycles. The third-order valence-electron chi connectivity index (χ3n) is 3.10. The maximum absolute atomic E-state index is 11.9. The smallest absolute Gasteiger partial charge is 0.325 e. The highest BCUT2D eigenvalue weighted by Gasteiger charge is 2.15. The van der Waals surface area contributed by atoms with E-state index in [1.807, 2.05) is 32.0 Å². The number of halogens is 1. The lowest BCUT2D eigenvalue weighted by Gasteiger charge is -2.08. The van der Waals surface area contributed by atoms with Crippen molar-refractivity contribution in [2.24, 2.45) is 5.92 Å². The molecule has 0 saturated carbocycles. The van der Waals surface area contributed by atoms with Crippen LogP contribution in [0.3, 0.4) is 0 Å². The summed E-state index contributed by atoms with van der Waals surface area (Å²) >= 11 is 3.40. The zero-order chi connectivity index (χ0) is 15.6. The number of ketones is 1. The third-order valence-corrected chi connectivity index (χ3v) is 3.59. The van der Waals surface area contributed by atoms with Crippen molar-refractivity contribution in [3.63, 3.8) is 0 Å². The van der Waals surface area contributed by atoms with Gasteiger partial charge in [-0.25, -0.2) is 0 Å². The Kier molecular flexibility index (Phi) is 4.83. The molecule has 0 unspecified atom stereocenters. The third kappa shape index (κ3) is 3.73. The monoisotopic (exact) mass is 351 g/mol. The van der Waals surface area contributed by atoms with Gasteiger partial charge in [0.15, 0.2) is 5.78 Å². The number of rotatable bonds is 5. The molecule has 1 aromatic heterocycles. The van der Waals surface area contributed by atoms with E-state index in [9.17, 15) is 9.59 Å². The summed E-state index contributed by atoms with van der Waals surface area (Å²) in [6.45, 7) is 6.02. The van der Waals surface area contributed by atoms with Crippen molar-refractivity contribution in [1.82, 2.24) is 4.57 Å². The number of carbonyl (C=O) groups is 2. The van der Waals surface area contributed by atoms with Gasteiger partial charge in [-0.15, -0.1) is 0 Å². The first kappa shape index (κ1) is 15.8. The van der Waals surface area contributed by atoms with E-state index in [1.54, 1.807) is 10.8 Å². The standard InChI is InChI=1S/C16H18BrNO3/c1-10(2)9-21-16(20)8-18-7-14(11(3)19)13-6-12(17)4-5-15(13)18/h4-7,10H,8-9H2,1-3H3. The van der Waals surface area contributed by atoms with E-state index in [0.717, 1.165) is 15.4 Å². The van der Waals surface area contributed by atoms with Crippen LogP contribution in [0.4, 0.5) is 0 Å². The molecule has 0 N–H and O–H groups in total. The Morgan fingerprint density at radius 2 is 2.05 bits per heavy atom. The molecule has 0 amide bonds. The van der Waals surface area contributed by atoms with Crippen molar-refractivity contribution >= 4 is 38.6 Å². The van der Waals surface area contributed by atoms with Gasteiger partial charge in [-0.2, -0.15) is 0 Å². The highest BCUT2D eigenvalue weighted by atomic mass is 79.9. The van der Waals surface area contributed by atoms with Crippen LogP contribution < -0.4 is 0 Å². The molecular formula is C16H18BrNO3. The lowest BCUT2D eigenvalue weighted by Crippen LogP contribution is -2.15. The van der Waals surface area contributed by atoms with Gasteiger partial charge >= 0.3 is 5.97 Å². The molecule has 0 spiro atoms. The van der Waals surface area contributed by atoms with Gasteiger partial charge in [0.2, 0.25) is 0 Å². The van der Waals surface area contributed by atoms with E-state index in [-0.39, 0.29) is 18.3 Å². The molecule has 0 aliphatic heterocycles. The van der Waals surface area contributed by atoms with Crippen molar-refractivity contribution in [3.05, 3.63) is 34.4 Å². The van der Waals surface area contributed by atoms with E-state index >= 15 is 0 Å². The van der Waals surface area contributed by atoms with E-state index in [0.29, 0.717) is 18.1 Å². The van der Waals surface area contributed by atoms with Gasteiger partial charge in [0.1, 0.15) is 6.54 Å². The maximum atomic E-state index is 11.9. The first-order valence-electron chi connectivity index (χ1n) is 6.83. The molecule has 0 atom stereocenters. The summed E-state index contributed by atoms with van der Waals surface area (Å²) in [6, 6.07) is 5.67. The van der Waals surface area contributed by atoms with Gasteiger partial charge in [0, 0.05) is 27.1 Å². The Bertz CT molecular complexity index is 688. The summed E-state index contributed by atoms with van der Waals surface area (Å²) in [5.41, 5.74) is 1.47. The van der Waals surface area contributed by atoms with Crippen LogP contribution in [0.15, 0.2) is 28.9 Å². The zero-order valence-electron chi connectivity index (χ0n) is 12.4. The van der Waals surface area contributed by atoms with Gasteiger partial charge in [-0.05, 0) is 31.0 Å². The molecule has 0 fully saturated rings. The summed E-state index contributed by atoms with van der Waals surface area (Å²) in [6.07, 6.45) is 1.72. The zero-order valence-corrected chi connectivity index (χ0v) is 13.9. The number of aromatic nitrogens is 1. The number of hydrogen-bond donors (Lipinski definition) is 0. The topological polar surface area (TPSA) is 48.3 Å². The fourth-order valence-electron chi connectivity index (χ4n) is 2.13. The summed E-state index contributed by atoms with van der Waals surface area (Å²) in [5.74, 6) is -0.00916. The van der Waals surface area contributed by atoms with Gasteiger partial charge in [-0.3, -0.25) is 9.59 Å². The molecule has 0 bridgehead atoms. The predicted octanol–water partition coefficient (Wildman–Crippen LogP) is 3.81. The number of nitrogens with zero attached hydrogens (tertiary/aromatic N) is 1. The first-order chi connectivity index (χ1) is 9.88. The fourth-order valence-corrected chi connectivity index (χ4v) is 2.49. The van der Waals surface area contributed by atoms with Crippen LogP contribution in [-0.2, 0) is 16.1 Å². The van der Waals surface area contributed by atoms with Crippen molar-refractivity contribution in [3.8, 4) is 0 Å². The van der Waals surface area contributed by atoms with Gasteiger partial charge in [-0.1, -0.05) is 29.8 Å². The Morgan fingerprint density at radius 1 is 1.33 bits per heavy atom. The highest BCUT2D eigenvalue weighted by Crippen LogP contribution is 2.25. The quantitative estimate of drug-likeness (QED) is 0.607. The van der Waals surface area contributed by atoms with E-state index in [2.05, 4.69) is 15.9 Å². The second-order valence-electron chi connectivity index (χ2n) is 5.47. The van der Waals surface area contributed by atoms with Crippen LogP contribution in [0.2, 0.25) is 0 Å². The Balaban J connectivity index is 2.32. The molecule has 2 rings (SSSR count). The first-order valence-corrected chi connectivity index (χ1v) is 7.62. The molecule has 112 valence electrons. The summed E-state index contributed by atoms with van der Waals surface area (Å²) < 4.78 is 7.86. The van der Waals surface area contributed by atoms with Gasteiger partial charge in [0.05, 0.1) is 6.61 Å². The normalized spacial score (nSPS) is 11.1. The highest BCUT2D eigenvalue weighted by molar-refractivity contribution is 9.10. The van der Waals surface area contributed by atoms with Crippen LogP contribution in [0, 0.1) is 5.92 Å². The minimum atomic E-state index is -0.293. The minimum absolute atomic E-state index is 0.0209. The molecule has 4 nitrogen and oxygen atoms in total. The number of benzene rings is 1. The van der Waals surface area contributed by atoms with E-state index in [4.69, 9.17) is 4.74 Å². The second-order valence-corrected chi connectivity index (χ2v) is 6.38. The fraction of sp³-hybridized carbons (Fsp3) is 0.375. The molecule has 1 heterocycles. The molecule has 0 aliphatic rings. The van der Waals surface area contributed by atoms with Crippen molar-refractivity contribution in [2.45, 2.75) is 27.3 Å². The van der Waals surface area contributed by atoms with Crippen molar-refractivity contribution in [1.29, 1.82) is 0 Å². The Labute approximate surface area is 132 Å². The van der Waals surface area contributed by atoms with Gasteiger partial charge in [0.25, 0.3) is 0 Å². The molecular weight excluding hydrogens is 334 g/mol. The SMILES string of the molecule is CC(=O)c1cn(CC(=O)OCC(C)C)c2ccc(Br)cc12. The van der Waals surface area contributed by atoms with Crippen LogP contribution in [0.25, 0.3) is 10.9 Å². The Hall–Kier alpha value is -1.62. The number of esters is 1. The molecule has 21 heavy (non-hydrogen) atoms. The van der Waals surface area contributed by atoms with Crippen molar-refractivity contribution in [2.75, 3.05) is 6.61 Å². The largest absolute Gasteiger partial charge is 0.464 e. The lowest BCUT2D eigenvalue weighted by molar-refractivity contribution is -0.145. The van der Waals surface area contributed by atoms with Crippen LogP contribution in [-0.4, -0.2) is 22.9 Å². The van der Waals surface area contributed by atoms with Gasteiger partial charge < -0.3 is 9.30 Å². The number of hydrogen-bond acceptors (Lipinski definition) is 3. The van der Waals surface area contributed by atoms with Crippen LogP contribution in [0.1, 0.15) is 31.1 Å². The second kappa shape index (κ2) is 6.43. The predicted molar refractivity (Wildman–Crippen MR) is 85.4 cm³/mol. The molecule has 2 aromatic rings. The van der Waals surface area contributed by atoms with Crippen molar-refractivity contribution < 1.29 is 14.3 Å².